The molecule has 1 aliphatic heterocycles. The van der Waals surface area contributed by atoms with Crippen LogP contribution in [0.1, 0.15) is 42.4 Å². The van der Waals surface area contributed by atoms with Crippen LogP contribution in [0.15, 0.2) is 42.5 Å². The van der Waals surface area contributed by atoms with Crippen molar-refractivity contribution < 1.29 is 32.5 Å². The van der Waals surface area contributed by atoms with E-state index in [0.717, 1.165) is 32.5 Å². The van der Waals surface area contributed by atoms with Crippen molar-refractivity contribution in [2.24, 2.45) is 0 Å². The van der Waals surface area contributed by atoms with Gasteiger partial charge in [-0.1, -0.05) is 24.3 Å². The highest BCUT2D eigenvalue weighted by molar-refractivity contribution is 5.66. The number of rotatable bonds is 8. The molecule has 2 aromatic rings. The number of alkyl halides is 3. The van der Waals surface area contributed by atoms with Crippen LogP contribution in [0.4, 0.5) is 13.2 Å². The van der Waals surface area contributed by atoms with E-state index >= 15 is 0 Å². The van der Waals surface area contributed by atoms with Crippen LogP contribution in [0, 0.1) is 0 Å². The number of aliphatic carboxylic acids is 1. The second kappa shape index (κ2) is 8.42. The molecule has 2 aliphatic rings. The molecule has 0 bridgehead atoms. The highest BCUT2D eigenvalue weighted by atomic mass is 19.4. The molecule has 0 aromatic heterocycles. The maximum atomic E-state index is 12.6. The molecular weight excluding hydrogens is 411 g/mol. The summed E-state index contributed by atoms with van der Waals surface area (Å²) in [5.41, 5.74) is 2.84. The number of ether oxygens (including phenoxy) is 2. The Hall–Kier alpha value is -2.74. The predicted molar refractivity (Wildman–Crippen MR) is 107 cm³/mol. The number of hydrogen-bond acceptors (Lipinski definition) is 4. The molecule has 0 amide bonds. The van der Waals surface area contributed by atoms with Crippen molar-refractivity contribution >= 4 is 5.97 Å². The van der Waals surface area contributed by atoms with Crippen LogP contribution in [0.25, 0.3) is 0 Å². The molecule has 1 heterocycles. The topological polar surface area (TPSA) is 59.0 Å². The van der Waals surface area contributed by atoms with E-state index in [9.17, 15) is 18.0 Å². The summed E-state index contributed by atoms with van der Waals surface area (Å²) in [6, 6.07) is 11.8. The highest BCUT2D eigenvalue weighted by Gasteiger charge is 2.49. The quantitative estimate of drug-likeness (QED) is 0.641. The van der Waals surface area contributed by atoms with Crippen molar-refractivity contribution in [2.75, 3.05) is 13.1 Å². The second-order valence-corrected chi connectivity index (χ2v) is 8.25. The Labute approximate surface area is 178 Å². The first kappa shape index (κ1) is 21.5. The minimum absolute atomic E-state index is 0.0284. The molecule has 5 nitrogen and oxygen atoms in total. The number of hydrogen-bond donors (Lipinski definition) is 1. The summed E-state index contributed by atoms with van der Waals surface area (Å²) in [5, 5.41) is 8.86. The average Bonchev–Trinajstić information content (AvgIpc) is 3.46. The van der Waals surface area contributed by atoms with Crippen molar-refractivity contribution in [3.05, 3.63) is 59.2 Å². The number of para-hydroxylation sites is 1. The van der Waals surface area contributed by atoms with Gasteiger partial charge in [0.25, 0.3) is 0 Å². The zero-order chi connectivity index (χ0) is 22.1. The second-order valence-electron chi connectivity index (χ2n) is 8.25. The lowest BCUT2D eigenvalue weighted by Crippen LogP contribution is -2.38. The molecule has 4 rings (SSSR count). The SMILES string of the molecule is O=C(O)CCCN1Cc2ccc(OCc3ccccc3OC(F)(F)F)cc2C2(CC2)C1. The Morgan fingerprint density at radius 2 is 1.94 bits per heavy atom. The molecule has 1 fully saturated rings. The van der Waals surface area contributed by atoms with E-state index in [2.05, 4.69) is 9.64 Å². The maximum absolute atomic E-state index is 12.6. The van der Waals surface area contributed by atoms with E-state index in [1.807, 2.05) is 18.2 Å². The minimum atomic E-state index is -4.75. The van der Waals surface area contributed by atoms with Gasteiger partial charge in [0.1, 0.15) is 18.1 Å². The Kier molecular flexibility index (Phi) is 5.83. The lowest BCUT2D eigenvalue weighted by molar-refractivity contribution is -0.275. The Bertz CT molecular complexity index is 956. The minimum Gasteiger partial charge on any atom is -0.489 e. The van der Waals surface area contributed by atoms with E-state index in [-0.39, 0.29) is 24.2 Å². The lowest BCUT2D eigenvalue weighted by atomic mass is 9.86. The molecule has 0 atom stereocenters. The van der Waals surface area contributed by atoms with Crippen LogP contribution >= 0.6 is 0 Å². The molecule has 1 spiro atoms. The smallest absolute Gasteiger partial charge is 0.489 e. The molecule has 1 saturated carbocycles. The van der Waals surface area contributed by atoms with Crippen molar-refractivity contribution in [2.45, 2.75) is 50.6 Å². The Morgan fingerprint density at radius 3 is 2.65 bits per heavy atom. The number of nitrogens with zero attached hydrogens (tertiary/aromatic N) is 1. The van der Waals surface area contributed by atoms with E-state index in [1.54, 1.807) is 12.1 Å². The van der Waals surface area contributed by atoms with Crippen molar-refractivity contribution in [1.82, 2.24) is 4.90 Å². The highest BCUT2D eigenvalue weighted by Crippen LogP contribution is 2.53. The van der Waals surface area contributed by atoms with Crippen molar-refractivity contribution in [1.29, 1.82) is 0 Å². The van der Waals surface area contributed by atoms with E-state index in [4.69, 9.17) is 9.84 Å². The van der Waals surface area contributed by atoms with Gasteiger partial charge in [0.2, 0.25) is 0 Å². The molecule has 0 radical (unpaired) electrons. The standard InChI is InChI=1S/C23H24F3NO4/c24-23(25,26)31-20-5-2-1-4-17(20)14-30-18-8-7-16-13-27(11-3-6-21(28)29)15-22(9-10-22)19(16)12-18/h1-2,4-5,7-8,12H,3,6,9-11,13-15H2,(H,28,29). The average molecular weight is 435 g/mol. The Morgan fingerprint density at radius 1 is 1.16 bits per heavy atom. The first-order valence-electron chi connectivity index (χ1n) is 10.3. The van der Waals surface area contributed by atoms with Gasteiger partial charge in [-0.05, 0) is 55.1 Å². The number of fused-ring (bicyclic) bond motifs is 2. The number of benzene rings is 2. The van der Waals surface area contributed by atoms with Gasteiger partial charge in [0, 0.05) is 30.5 Å². The zero-order valence-electron chi connectivity index (χ0n) is 17.0. The lowest BCUT2D eigenvalue weighted by Gasteiger charge is -2.35. The normalized spacial score (nSPS) is 17.3. The zero-order valence-corrected chi connectivity index (χ0v) is 17.0. The van der Waals surface area contributed by atoms with Crippen LogP contribution in [-0.4, -0.2) is 35.4 Å². The van der Waals surface area contributed by atoms with Crippen LogP contribution in [0.2, 0.25) is 0 Å². The van der Waals surface area contributed by atoms with Crippen LogP contribution in [0.5, 0.6) is 11.5 Å². The van der Waals surface area contributed by atoms with Gasteiger partial charge < -0.3 is 14.6 Å². The van der Waals surface area contributed by atoms with E-state index < -0.39 is 12.3 Å². The summed E-state index contributed by atoms with van der Waals surface area (Å²) in [6.45, 7) is 2.38. The van der Waals surface area contributed by atoms with Gasteiger partial charge in [-0.2, -0.15) is 0 Å². The fourth-order valence-corrected chi connectivity index (χ4v) is 4.29. The predicted octanol–water partition coefficient (Wildman–Crippen LogP) is 4.88. The largest absolute Gasteiger partial charge is 0.573 e. The molecule has 1 aliphatic carbocycles. The van der Waals surface area contributed by atoms with Crippen LogP contribution < -0.4 is 9.47 Å². The van der Waals surface area contributed by atoms with Crippen LogP contribution in [0.3, 0.4) is 0 Å². The molecule has 1 N–H and O–H groups in total. The molecule has 0 saturated heterocycles. The van der Waals surface area contributed by atoms with E-state index in [0.29, 0.717) is 17.7 Å². The third kappa shape index (κ3) is 5.31. The number of carboxylic acids is 1. The monoisotopic (exact) mass is 435 g/mol. The first-order chi connectivity index (χ1) is 14.7. The van der Waals surface area contributed by atoms with Gasteiger partial charge in [-0.15, -0.1) is 13.2 Å². The summed E-state index contributed by atoms with van der Waals surface area (Å²) < 4.78 is 47.8. The molecule has 31 heavy (non-hydrogen) atoms. The van der Waals surface area contributed by atoms with Crippen LogP contribution in [-0.2, 0) is 23.4 Å². The summed E-state index contributed by atoms with van der Waals surface area (Å²) >= 11 is 0. The van der Waals surface area contributed by atoms with Gasteiger partial charge in [-0.25, -0.2) is 0 Å². The number of carboxylic acid groups (broad SMARTS) is 1. The Balaban J connectivity index is 1.44. The fourth-order valence-electron chi connectivity index (χ4n) is 4.29. The van der Waals surface area contributed by atoms with Gasteiger partial charge in [0.05, 0.1) is 0 Å². The number of halogens is 3. The molecule has 2 aromatic carbocycles. The summed E-state index contributed by atoms with van der Waals surface area (Å²) in [4.78, 5) is 13.1. The maximum Gasteiger partial charge on any atom is 0.573 e. The number of carbonyl (C=O) groups is 1. The fraction of sp³-hybridized carbons (Fsp3) is 0.435. The molecular formula is C23H24F3NO4. The first-order valence-corrected chi connectivity index (χ1v) is 10.3. The summed E-state index contributed by atoms with van der Waals surface area (Å²) in [5.74, 6) is -0.419. The van der Waals surface area contributed by atoms with Gasteiger partial charge in [-0.3, -0.25) is 9.69 Å². The van der Waals surface area contributed by atoms with Gasteiger partial charge in [0.15, 0.2) is 0 Å². The molecule has 0 unspecified atom stereocenters. The third-order valence-corrected chi connectivity index (χ3v) is 5.88. The summed E-state index contributed by atoms with van der Waals surface area (Å²) in [6.07, 6.45) is -1.82. The third-order valence-electron chi connectivity index (χ3n) is 5.88. The van der Waals surface area contributed by atoms with E-state index in [1.165, 1.54) is 23.3 Å². The molecule has 8 heteroatoms. The van der Waals surface area contributed by atoms with Crippen molar-refractivity contribution in [3.63, 3.8) is 0 Å². The van der Waals surface area contributed by atoms with Crippen molar-refractivity contribution in [3.8, 4) is 11.5 Å². The van der Waals surface area contributed by atoms with Gasteiger partial charge >= 0.3 is 12.3 Å². The molecule has 166 valence electrons. The summed E-state index contributed by atoms with van der Waals surface area (Å²) in [7, 11) is 0.